The van der Waals surface area contributed by atoms with Crippen LogP contribution in [-0.2, 0) is 4.74 Å². The average Bonchev–Trinajstić information content (AvgIpc) is 2.19. The lowest BCUT2D eigenvalue weighted by Gasteiger charge is -2.33. The van der Waals surface area contributed by atoms with Gasteiger partial charge in [0.25, 0.3) is 0 Å². The molecule has 13 heavy (non-hydrogen) atoms. The van der Waals surface area contributed by atoms with Crippen LogP contribution in [0.25, 0.3) is 0 Å². The number of hydrogen-bond acceptors (Lipinski definition) is 2. The lowest BCUT2D eigenvalue weighted by atomic mass is 10.1. The molecule has 0 amide bonds. The van der Waals surface area contributed by atoms with Crippen molar-refractivity contribution in [3.63, 3.8) is 0 Å². The van der Waals surface area contributed by atoms with E-state index in [-0.39, 0.29) is 0 Å². The third-order valence-electron chi connectivity index (χ3n) is 2.67. The summed E-state index contributed by atoms with van der Waals surface area (Å²) in [6.07, 6.45) is 5.10. The fraction of sp³-hybridized carbons (Fsp3) is 1.00. The number of nitrogens with zero attached hydrogens (tertiary/aromatic N) is 1. The maximum absolute atomic E-state index is 5.51. The van der Waals surface area contributed by atoms with Crippen molar-refractivity contribution in [1.82, 2.24) is 4.90 Å². The Morgan fingerprint density at radius 2 is 1.92 bits per heavy atom. The van der Waals surface area contributed by atoms with E-state index in [1.54, 1.807) is 0 Å². The second kappa shape index (κ2) is 6.39. The Bertz CT molecular complexity index is 115. The quantitative estimate of drug-likeness (QED) is 0.651. The van der Waals surface area contributed by atoms with Crippen molar-refractivity contribution in [2.45, 2.75) is 45.6 Å². The van der Waals surface area contributed by atoms with Gasteiger partial charge in [0.15, 0.2) is 0 Å². The first-order chi connectivity index (χ1) is 6.38. The Morgan fingerprint density at radius 1 is 1.23 bits per heavy atom. The standard InChI is InChI=1S/C11H23NO/c1-3-7-12(8-4-2)11-6-5-9-13-10-11/h11H,3-10H2,1-2H3. The van der Waals surface area contributed by atoms with E-state index in [4.69, 9.17) is 4.74 Å². The van der Waals surface area contributed by atoms with Crippen LogP contribution < -0.4 is 0 Å². The first-order valence-corrected chi connectivity index (χ1v) is 5.70. The normalized spacial score (nSPS) is 23.8. The third-order valence-corrected chi connectivity index (χ3v) is 2.67. The Kier molecular flexibility index (Phi) is 5.40. The third kappa shape index (κ3) is 3.65. The van der Waals surface area contributed by atoms with E-state index in [9.17, 15) is 0 Å². The Morgan fingerprint density at radius 3 is 2.38 bits per heavy atom. The molecule has 2 nitrogen and oxygen atoms in total. The van der Waals surface area contributed by atoms with Crippen molar-refractivity contribution in [2.24, 2.45) is 0 Å². The molecule has 1 aliphatic rings. The molecular weight excluding hydrogens is 162 g/mol. The summed E-state index contributed by atoms with van der Waals surface area (Å²) < 4.78 is 5.51. The van der Waals surface area contributed by atoms with Gasteiger partial charge in [-0.3, -0.25) is 4.90 Å². The van der Waals surface area contributed by atoms with Crippen molar-refractivity contribution < 1.29 is 4.74 Å². The minimum absolute atomic E-state index is 0.702. The van der Waals surface area contributed by atoms with Gasteiger partial charge in [-0.2, -0.15) is 0 Å². The molecule has 1 rings (SSSR count). The Labute approximate surface area is 82.3 Å². The van der Waals surface area contributed by atoms with Gasteiger partial charge in [0, 0.05) is 12.6 Å². The molecule has 0 aromatic rings. The van der Waals surface area contributed by atoms with Gasteiger partial charge in [0.2, 0.25) is 0 Å². The van der Waals surface area contributed by atoms with Gasteiger partial charge < -0.3 is 4.74 Å². The van der Waals surface area contributed by atoms with E-state index < -0.39 is 0 Å². The molecule has 0 bridgehead atoms. The van der Waals surface area contributed by atoms with E-state index in [1.165, 1.54) is 38.8 Å². The second-order valence-corrected chi connectivity index (χ2v) is 3.91. The zero-order valence-corrected chi connectivity index (χ0v) is 9.09. The fourth-order valence-electron chi connectivity index (χ4n) is 2.06. The number of ether oxygens (including phenoxy) is 1. The first kappa shape index (κ1) is 11.0. The molecule has 1 saturated heterocycles. The van der Waals surface area contributed by atoms with E-state index in [2.05, 4.69) is 18.7 Å². The van der Waals surface area contributed by atoms with Crippen molar-refractivity contribution in [3.05, 3.63) is 0 Å². The van der Waals surface area contributed by atoms with Crippen LogP contribution in [0.4, 0.5) is 0 Å². The predicted octanol–water partition coefficient (Wildman–Crippen LogP) is 2.29. The van der Waals surface area contributed by atoms with Crippen LogP contribution in [0, 0.1) is 0 Å². The fourth-order valence-corrected chi connectivity index (χ4v) is 2.06. The minimum Gasteiger partial charge on any atom is -0.380 e. The highest BCUT2D eigenvalue weighted by atomic mass is 16.5. The zero-order chi connectivity index (χ0) is 9.52. The number of rotatable bonds is 5. The topological polar surface area (TPSA) is 12.5 Å². The van der Waals surface area contributed by atoms with Gasteiger partial charge in [0.05, 0.1) is 6.61 Å². The largest absolute Gasteiger partial charge is 0.380 e. The highest BCUT2D eigenvalue weighted by molar-refractivity contribution is 4.73. The van der Waals surface area contributed by atoms with Gasteiger partial charge in [-0.1, -0.05) is 13.8 Å². The van der Waals surface area contributed by atoms with Crippen LogP contribution in [0.3, 0.4) is 0 Å². The van der Waals surface area contributed by atoms with Gasteiger partial charge in [-0.15, -0.1) is 0 Å². The molecule has 1 fully saturated rings. The monoisotopic (exact) mass is 185 g/mol. The van der Waals surface area contributed by atoms with Crippen molar-refractivity contribution >= 4 is 0 Å². The average molecular weight is 185 g/mol. The Balaban J connectivity index is 2.32. The summed E-state index contributed by atoms with van der Waals surface area (Å²) >= 11 is 0. The molecule has 0 aliphatic carbocycles. The molecule has 0 saturated carbocycles. The van der Waals surface area contributed by atoms with Crippen molar-refractivity contribution in [3.8, 4) is 0 Å². The van der Waals surface area contributed by atoms with Crippen LogP contribution in [0.2, 0.25) is 0 Å². The summed E-state index contributed by atoms with van der Waals surface area (Å²) in [5, 5.41) is 0. The summed E-state index contributed by atoms with van der Waals surface area (Å²) in [7, 11) is 0. The minimum atomic E-state index is 0.702. The molecule has 0 radical (unpaired) electrons. The molecule has 2 heteroatoms. The maximum atomic E-state index is 5.51. The molecule has 1 atom stereocenters. The lowest BCUT2D eigenvalue weighted by molar-refractivity contribution is 0.0178. The molecule has 1 heterocycles. The molecule has 0 aromatic carbocycles. The molecule has 0 N–H and O–H groups in total. The molecule has 78 valence electrons. The van der Waals surface area contributed by atoms with Gasteiger partial charge in [0.1, 0.15) is 0 Å². The van der Waals surface area contributed by atoms with E-state index >= 15 is 0 Å². The maximum Gasteiger partial charge on any atom is 0.0621 e. The SMILES string of the molecule is CCCN(CCC)C1CCCOC1. The summed E-state index contributed by atoms with van der Waals surface area (Å²) in [5.41, 5.74) is 0. The van der Waals surface area contributed by atoms with Gasteiger partial charge in [-0.05, 0) is 38.8 Å². The second-order valence-electron chi connectivity index (χ2n) is 3.91. The van der Waals surface area contributed by atoms with E-state index in [0.29, 0.717) is 6.04 Å². The molecule has 1 unspecified atom stereocenters. The van der Waals surface area contributed by atoms with Crippen LogP contribution in [0.15, 0.2) is 0 Å². The van der Waals surface area contributed by atoms with Crippen LogP contribution >= 0.6 is 0 Å². The van der Waals surface area contributed by atoms with Gasteiger partial charge >= 0.3 is 0 Å². The highest BCUT2D eigenvalue weighted by Crippen LogP contribution is 2.13. The molecule has 0 spiro atoms. The van der Waals surface area contributed by atoms with Crippen molar-refractivity contribution in [1.29, 1.82) is 0 Å². The summed E-state index contributed by atoms with van der Waals surface area (Å²) in [6, 6.07) is 0.702. The van der Waals surface area contributed by atoms with Crippen LogP contribution in [-0.4, -0.2) is 37.2 Å². The van der Waals surface area contributed by atoms with Crippen LogP contribution in [0.5, 0.6) is 0 Å². The van der Waals surface area contributed by atoms with E-state index in [1.807, 2.05) is 0 Å². The lowest BCUT2D eigenvalue weighted by Crippen LogP contribution is -2.41. The van der Waals surface area contributed by atoms with E-state index in [0.717, 1.165) is 13.2 Å². The Hall–Kier alpha value is -0.0800. The summed E-state index contributed by atoms with van der Waals surface area (Å²) in [5.74, 6) is 0. The molecule has 0 aromatic heterocycles. The predicted molar refractivity (Wildman–Crippen MR) is 56.0 cm³/mol. The first-order valence-electron chi connectivity index (χ1n) is 5.70. The summed E-state index contributed by atoms with van der Waals surface area (Å²) in [6.45, 7) is 8.92. The smallest absolute Gasteiger partial charge is 0.0621 e. The number of hydrogen-bond donors (Lipinski definition) is 0. The zero-order valence-electron chi connectivity index (χ0n) is 9.09. The summed E-state index contributed by atoms with van der Waals surface area (Å²) in [4.78, 5) is 2.60. The van der Waals surface area contributed by atoms with Crippen molar-refractivity contribution in [2.75, 3.05) is 26.3 Å². The molecular formula is C11H23NO. The van der Waals surface area contributed by atoms with Crippen LogP contribution in [0.1, 0.15) is 39.5 Å². The van der Waals surface area contributed by atoms with Gasteiger partial charge in [-0.25, -0.2) is 0 Å². The molecule has 1 aliphatic heterocycles. The highest BCUT2D eigenvalue weighted by Gasteiger charge is 2.19.